The Morgan fingerprint density at radius 1 is 1.64 bits per heavy atom. The second kappa shape index (κ2) is 4.11. The first-order valence-electron chi connectivity index (χ1n) is 4.78. The second-order valence-electron chi connectivity index (χ2n) is 3.53. The quantitative estimate of drug-likeness (QED) is 0.782. The van der Waals surface area contributed by atoms with Crippen LogP contribution in [0.3, 0.4) is 0 Å². The molecule has 1 fully saturated rings. The Labute approximate surface area is 86.8 Å². The fourth-order valence-electron chi connectivity index (χ4n) is 1.96. The second-order valence-corrected chi connectivity index (χ2v) is 4.51. The van der Waals surface area contributed by atoms with Crippen molar-refractivity contribution < 1.29 is 9.90 Å². The van der Waals surface area contributed by atoms with Gasteiger partial charge in [0.15, 0.2) is 0 Å². The Kier molecular flexibility index (Phi) is 2.84. The van der Waals surface area contributed by atoms with Gasteiger partial charge >= 0.3 is 5.97 Å². The monoisotopic (exact) mass is 211 g/mol. The topological polar surface area (TPSA) is 49.3 Å². The number of aliphatic carboxylic acids is 1. The summed E-state index contributed by atoms with van der Waals surface area (Å²) >= 11 is 1.65. The first kappa shape index (κ1) is 9.68. The van der Waals surface area contributed by atoms with E-state index in [9.17, 15) is 4.79 Å². The van der Waals surface area contributed by atoms with Crippen LogP contribution in [0.1, 0.15) is 23.6 Å². The van der Waals surface area contributed by atoms with Crippen LogP contribution in [0.5, 0.6) is 0 Å². The van der Waals surface area contributed by atoms with Gasteiger partial charge in [-0.15, -0.1) is 11.3 Å². The first-order valence-corrected chi connectivity index (χ1v) is 5.66. The van der Waals surface area contributed by atoms with E-state index in [1.165, 1.54) is 4.88 Å². The molecular formula is C10H13NO2S. The summed E-state index contributed by atoms with van der Waals surface area (Å²) in [6, 6.07) is 3.61. The maximum Gasteiger partial charge on any atom is 0.321 e. The Morgan fingerprint density at radius 2 is 2.50 bits per heavy atom. The van der Waals surface area contributed by atoms with Gasteiger partial charge in [0.2, 0.25) is 0 Å². The number of thiophene rings is 1. The highest BCUT2D eigenvalue weighted by Crippen LogP contribution is 2.31. The molecule has 0 saturated carbocycles. The largest absolute Gasteiger partial charge is 0.480 e. The third kappa shape index (κ3) is 1.81. The lowest BCUT2D eigenvalue weighted by Crippen LogP contribution is -2.45. The minimum atomic E-state index is -0.733. The van der Waals surface area contributed by atoms with Crippen LogP contribution in [-0.4, -0.2) is 23.7 Å². The van der Waals surface area contributed by atoms with E-state index in [4.69, 9.17) is 5.11 Å². The van der Waals surface area contributed by atoms with E-state index in [1.807, 2.05) is 17.5 Å². The van der Waals surface area contributed by atoms with Crippen LogP contribution in [0.15, 0.2) is 17.5 Å². The van der Waals surface area contributed by atoms with E-state index in [0.717, 1.165) is 19.4 Å². The summed E-state index contributed by atoms with van der Waals surface area (Å²) in [6.07, 6.45) is 2.04. The lowest BCUT2D eigenvalue weighted by Gasteiger charge is -2.28. The van der Waals surface area contributed by atoms with E-state index in [1.54, 1.807) is 11.3 Å². The third-order valence-electron chi connectivity index (χ3n) is 2.63. The lowest BCUT2D eigenvalue weighted by atomic mass is 9.89. The molecule has 0 aromatic carbocycles. The maximum absolute atomic E-state index is 11.0. The van der Waals surface area contributed by atoms with Crippen molar-refractivity contribution in [2.24, 2.45) is 0 Å². The van der Waals surface area contributed by atoms with Gasteiger partial charge in [-0.25, -0.2) is 0 Å². The normalized spacial score (nSPS) is 27.4. The van der Waals surface area contributed by atoms with Gasteiger partial charge in [-0.05, 0) is 30.8 Å². The Balaban J connectivity index is 2.18. The maximum atomic E-state index is 11.0. The highest BCUT2D eigenvalue weighted by atomic mass is 32.1. The average Bonchev–Trinajstić information content (AvgIpc) is 2.70. The van der Waals surface area contributed by atoms with Gasteiger partial charge in [0.25, 0.3) is 0 Å². The molecule has 1 aliphatic heterocycles. The number of carboxylic acid groups (broad SMARTS) is 1. The summed E-state index contributed by atoms with van der Waals surface area (Å²) in [5, 5.41) is 14.1. The van der Waals surface area contributed by atoms with Gasteiger partial charge in [0, 0.05) is 10.8 Å². The van der Waals surface area contributed by atoms with Crippen LogP contribution >= 0.6 is 11.3 Å². The van der Waals surface area contributed by atoms with Gasteiger partial charge in [-0.3, -0.25) is 4.79 Å². The van der Waals surface area contributed by atoms with Gasteiger partial charge < -0.3 is 10.4 Å². The summed E-state index contributed by atoms with van der Waals surface area (Å²) in [7, 11) is 0. The van der Waals surface area contributed by atoms with Gasteiger partial charge in [-0.1, -0.05) is 6.07 Å². The summed E-state index contributed by atoms with van der Waals surface area (Å²) in [5.74, 6) is -0.579. The van der Waals surface area contributed by atoms with Crippen molar-refractivity contribution >= 4 is 17.3 Å². The van der Waals surface area contributed by atoms with Crippen molar-refractivity contribution in [3.63, 3.8) is 0 Å². The predicted octanol–water partition coefficient (Wildman–Crippen LogP) is 1.67. The minimum absolute atomic E-state index is 0.154. The van der Waals surface area contributed by atoms with Crippen LogP contribution < -0.4 is 5.32 Å². The van der Waals surface area contributed by atoms with Crippen LogP contribution in [0.2, 0.25) is 0 Å². The summed E-state index contributed by atoms with van der Waals surface area (Å²) in [5.41, 5.74) is 0. The molecule has 76 valence electrons. The van der Waals surface area contributed by atoms with Gasteiger partial charge in [0.05, 0.1) is 0 Å². The fourth-order valence-corrected chi connectivity index (χ4v) is 2.86. The van der Waals surface area contributed by atoms with E-state index in [0.29, 0.717) is 0 Å². The van der Waals surface area contributed by atoms with Crippen LogP contribution in [0, 0.1) is 0 Å². The van der Waals surface area contributed by atoms with Crippen LogP contribution in [-0.2, 0) is 4.79 Å². The number of carboxylic acids is 1. The predicted molar refractivity (Wildman–Crippen MR) is 55.7 cm³/mol. The summed E-state index contributed by atoms with van der Waals surface area (Å²) in [4.78, 5) is 12.2. The Morgan fingerprint density at radius 3 is 3.14 bits per heavy atom. The molecule has 0 bridgehead atoms. The van der Waals surface area contributed by atoms with Crippen molar-refractivity contribution in [2.75, 3.05) is 6.54 Å². The summed E-state index contributed by atoms with van der Waals surface area (Å²) < 4.78 is 0. The Hall–Kier alpha value is -0.870. The van der Waals surface area contributed by atoms with Crippen molar-refractivity contribution in [2.45, 2.75) is 24.8 Å². The number of hydrogen-bond donors (Lipinski definition) is 2. The fraction of sp³-hybridized carbons (Fsp3) is 0.500. The number of carbonyl (C=O) groups is 1. The molecule has 2 unspecified atom stereocenters. The first-order chi connectivity index (χ1) is 6.79. The molecule has 2 N–H and O–H groups in total. The highest BCUT2D eigenvalue weighted by Gasteiger charge is 2.31. The van der Waals surface area contributed by atoms with Crippen molar-refractivity contribution in [1.29, 1.82) is 0 Å². The van der Waals surface area contributed by atoms with E-state index < -0.39 is 12.0 Å². The zero-order valence-electron chi connectivity index (χ0n) is 7.77. The zero-order chi connectivity index (χ0) is 9.97. The molecular weight excluding hydrogens is 198 g/mol. The van der Waals surface area contributed by atoms with Crippen molar-refractivity contribution in [3.05, 3.63) is 22.4 Å². The van der Waals surface area contributed by atoms with E-state index in [2.05, 4.69) is 5.32 Å². The van der Waals surface area contributed by atoms with E-state index in [-0.39, 0.29) is 5.92 Å². The molecule has 2 heterocycles. The average molecular weight is 211 g/mol. The number of rotatable bonds is 2. The number of nitrogens with one attached hydrogen (secondary N) is 1. The highest BCUT2D eigenvalue weighted by molar-refractivity contribution is 7.10. The van der Waals surface area contributed by atoms with Gasteiger partial charge in [0.1, 0.15) is 6.04 Å². The molecule has 2 rings (SSSR count). The van der Waals surface area contributed by atoms with Gasteiger partial charge in [-0.2, -0.15) is 0 Å². The van der Waals surface area contributed by atoms with Crippen LogP contribution in [0.25, 0.3) is 0 Å². The molecule has 0 amide bonds. The Bertz CT molecular complexity index is 310. The molecule has 0 aliphatic carbocycles. The SMILES string of the molecule is O=C(O)C1NCCCC1c1cccs1. The molecule has 2 atom stereocenters. The molecule has 14 heavy (non-hydrogen) atoms. The third-order valence-corrected chi connectivity index (χ3v) is 3.64. The van der Waals surface area contributed by atoms with E-state index >= 15 is 0 Å². The molecule has 4 heteroatoms. The zero-order valence-corrected chi connectivity index (χ0v) is 8.59. The molecule has 3 nitrogen and oxygen atoms in total. The lowest BCUT2D eigenvalue weighted by molar-refractivity contribution is -0.140. The number of piperidine rings is 1. The molecule has 1 aromatic heterocycles. The van der Waals surface area contributed by atoms with Crippen LogP contribution in [0.4, 0.5) is 0 Å². The molecule has 0 spiro atoms. The number of hydrogen-bond acceptors (Lipinski definition) is 3. The summed E-state index contributed by atoms with van der Waals surface area (Å²) in [6.45, 7) is 0.818. The molecule has 1 aliphatic rings. The minimum Gasteiger partial charge on any atom is -0.480 e. The van der Waals surface area contributed by atoms with Crippen molar-refractivity contribution in [1.82, 2.24) is 5.32 Å². The molecule has 1 aromatic rings. The molecule has 0 radical (unpaired) electrons. The van der Waals surface area contributed by atoms with Crippen molar-refractivity contribution in [3.8, 4) is 0 Å². The standard InChI is InChI=1S/C10H13NO2S/c12-10(13)9-7(3-1-5-11-9)8-4-2-6-14-8/h2,4,6-7,9,11H,1,3,5H2,(H,12,13). The molecule has 1 saturated heterocycles. The smallest absolute Gasteiger partial charge is 0.321 e.